The number of unbranched alkanes of at least 4 members (excludes halogenated alkanes) is 2. The van der Waals surface area contributed by atoms with E-state index in [1.54, 1.807) is 13.8 Å². The number of nitrogens with zero attached hydrogens (tertiary/aromatic N) is 1. The van der Waals surface area contributed by atoms with Crippen molar-refractivity contribution in [3.05, 3.63) is 17.0 Å². The highest BCUT2D eigenvalue weighted by Crippen LogP contribution is 2.20. The van der Waals surface area contributed by atoms with Gasteiger partial charge in [-0.3, -0.25) is 9.89 Å². The summed E-state index contributed by atoms with van der Waals surface area (Å²) in [5.74, 6) is -1.31. The SMILES string of the molecule is CCCCCC(=O)N[C@@H](C(=O)O)c1c(C)n[nH]c1C. The summed E-state index contributed by atoms with van der Waals surface area (Å²) in [6.45, 7) is 5.52. The molecule has 19 heavy (non-hydrogen) atoms. The molecule has 1 aromatic rings. The number of carboxylic acids is 1. The molecule has 0 spiro atoms. The van der Waals surface area contributed by atoms with Crippen LogP contribution >= 0.6 is 0 Å². The molecule has 1 atom stereocenters. The third-order valence-corrected chi connectivity index (χ3v) is 3.03. The molecule has 0 aromatic carbocycles. The van der Waals surface area contributed by atoms with E-state index in [4.69, 9.17) is 0 Å². The van der Waals surface area contributed by atoms with Crippen LogP contribution in [0.15, 0.2) is 0 Å². The zero-order valence-electron chi connectivity index (χ0n) is 11.6. The first-order chi connectivity index (χ1) is 8.97. The predicted molar refractivity (Wildman–Crippen MR) is 70.7 cm³/mol. The number of aromatic nitrogens is 2. The second-order valence-electron chi connectivity index (χ2n) is 4.64. The number of aliphatic carboxylic acids is 1. The van der Waals surface area contributed by atoms with Gasteiger partial charge in [-0.1, -0.05) is 19.8 Å². The first kappa shape index (κ1) is 15.2. The van der Waals surface area contributed by atoms with Gasteiger partial charge in [0.2, 0.25) is 5.91 Å². The van der Waals surface area contributed by atoms with E-state index in [1.807, 2.05) is 0 Å². The third-order valence-electron chi connectivity index (χ3n) is 3.03. The first-order valence-corrected chi connectivity index (χ1v) is 6.51. The Hall–Kier alpha value is -1.85. The van der Waals surface area contributed by atoms with Crippen LogP contribution in [0.3, 0.4) is 0 Å². The number of aryl methyl sites for hydroxylation is 2. The highest BCUT2D eigenvalue weighted by Gasteiger charge is 2.26. The van der Waals surface area contributed by atoms with Crippen LogP contribution in [-0.2, 0) is 9.59 Å². The Morgan fingerprint density at radius 2 is 2.05 bits per heavy atom. The van der Waals surface area contributed by atoms with E-state index >= 15 is 0 Å². The molecule has 0 saturated heterocycles. The van der Waals surface area contributed by atoms with Crippen molar-refractivity contribution in [3.63, 3.8) is 0 Å². The van der Waals surface area contributed by atoms with Gasteiger partial charge in [-0.25, -0.2) is 4.79 Å². The Balaban J connectivity index is 2.75. The summed E-state index contributed by atoms with van der Waals surface area (Å²) < 4.78 is 0. The summed E-state index contributed by atoms with van der Waals surface area (Å²) in [6.07, 6.45) is 3.12. The molecule has 1 heterocycles. The molecule has 6 heteroatoms. The molecule has 1 amide bonds. The second-order valence-corrected chi connectivity index (χ2v) is 4.64. The molecule has 0 aliphatic rings. The Bertz CT molecular complexity index is 434. The zero-order valence-corrected chi connectivity index (χ0v) is 11.6. The quantitative estimate of drug-likeness (QED) is 0.657. The first-order valence-electron chi connectivity index (χ1n) is 6.51. The van der Waals surface area contributed by atoms with Crippen LogP contribution in [0.2, 0.25) is 0 Å². The lowest BCUT2D eigenvalue weighted by atomic mass is 10.0. The number of rotatable bonds is 7. The number of carbonyl (C=O) groups is 2. The van der Waals surface area contributed by atoms with Crippen molar-refractivity contribution in [2.45, 2.75) is 52.5 Å². The molecule has 0 aliphatic carbocycles. The van der Waals surface area contributed by atoms with Crippen molar-refractivity contribution in [1.29, 1.82) is 0 Å². The van der Waals surface area contributed by atoms with E-state index in [2.05, 4.69) is 22.4 Å². The van der Waals surface area contributed by atoms with Gasteiger partial charge in [-0.15, -0.1) is 0 Å². The van der Waals surface area contributed by atoms with Gasteiger partial charge in [0.1, 0.15) is 0 Å². The summed E-state index contributed by atoms with van der Waals surface area (Å²) in [4.78, 5) is 23.1. The fourth-order valence-corrected chi connectivity index (χ4v) is 2.01. The summed E-state index contributed by atoms with van der Waals surface area (Å²) in [6, 6.07) is -1.03. The number of aromatic amines is 1. The molecule has 0 aliphatic heterocycles. The molecular weight excluding hydrogens is 246 g/mol. The Kier molecular flexibility index (Phi) is 5.54. The normalized spacial score (nSPS) is 12.2. The third kappa shape index (κ3) is 4.08. The van der Waals surface area contributed by atoms with Gasteiger partial charge in [0.25, 0.3) is 0 Å². The highest BCUT2D eigenvalue weighted by molar-refractivity contribution is 5.84. The van der Waals surface area contributed by atoms with Crippen LogP contribution < -0.4 is 5.32 Å². The summed E-state index contributed by atoms with van der Waals surface area (Å²) in [7, 11) is 0. The zero-order chi connectivity index (χ0) is 14.4. The molecule has 106 valence electrons. The van der Waals surface area contributed by atoms with Crippen LogP contribution in [0.5, 0.6) is 0 Å². The van der Waals surface area contributed by atoms with Crippen molar-refractivity contribution in [3.8, 4) is 0 Å². The number of amides is 1. The number of H-pyrrole nitrogens is 1. The minimum atomic E-state index is -1.07. The topological polar surface area (TPSA) is 95.1 Å². The average molecular weight is 267 g/mol. The number of carboxylic acid groups (broad SMARTS) is 1. The smallest absolute Gasteiger partial charge is 0.331 e. The molecule has 0 radical (unpaired) electrons. The van der Waals surface area contributed by atoms with Gasteiger partial charge in [0.15, 0.2) is 6.04 Å². The average Bonchev–Trinajstić information content (AvgIpc) is 2.66. The number of hydrogen-bond donors (Lipinski definition) is 3. The van der Waals surface area contributed by atoms with Crippen molar-refractivity contribution < 1.29 is 14.7 Å². The fraction of sp³-hybridized carbons (Fsp3) is 0.615. The molecule has 0 fully saturated rings. The summed E-state index contributed by atoms with van der Waals surface area (Å²) >= 11 is 0. The lowest BCUT2D eigenvalue weighted by molar-refractivity contribution is -0.142. The van der Waals surface area contributed by atoms with Crippen molar-refractivity contribution >= 4 is 11.9 Å². The predicted octanol–water partition coefficient (Wildman–Crippen LogP) is 1.85. The van der Waals surface area contributed by atoms with Crippen LogP contribution in [0.25, 0.3) is 0 Å². The largest absolute Gasteiger partial charge is 0.479 e. The van der Waals surface area contributed by atoms with Gasteiger partial charge in [-0.2, -0.15) is 5.10 Å². The lowest BCUT2D eigenvalue weighted by Gasteiger charge is -2.15. The molecule has 6 nitrogen and oxygen atoms in total. The van der Waals surface area contributed by atoms with Gasteiger partial charge < -0.3 is 10.4 Å². The van der Waals surface area contributed by atoms with E-state index in [0.717, 1.165) is 19.3 Å². The van der Waals surface area contributed by atoms with Crippen molar-refractivity contribution in [1.82, 2.24) is 15.5 Å². The molecule has 0 unspecified atom stereocenters. The summed E-state index contributed by atoms with van der Waals surface area (Å²) in [5, 5.41) is 18.5. The highest BCUT2D eigenvalue weighted by atomic mass is 16.4. The maximum atomic E-state index is 11.7. The fourth-order valence-electron chi connectivity index (χ4n) is 2.01. The molecule has 0 saturated carbocycles. The van der Waals surface area contributed by atoms with Crippen molar-refractivity contribution in [2.24, 2.45) is 0 Å². The number of nitrogens with one attached hydrogen (secondary N) is 2. The van der Waals surface area contributed by atoms with E-state index in [-0.39, 0.29) is 5.91 Å². The minimum Gasteiger partial charge on any atom is -0.479 e. The van der Waals surface area contributed by atoms with E-state index in [9.17, 15) is 14.7 Å². The molecular formula is C13H21N3O3. The molecule has 3 N–H and O–H groups in total. The Labute approximate surface area is 112 Å². The molecule has 0 bridgehead atoms. The maximum absolute atomic E-state index is 11.7. The summed E-state index contributed by atoms with van der Waals surface area (Å²) in [5.41, 5.74) is 1.80. The van der Waals surface area contributed by atoms with Gasteiger partial charge in [0, 0.05) is 17.7 Å². The van der Waals surface area contributed by atoms with Crippen molar-refractivity contribution in [2.75, 3.05) is 0 Å². The Morgan fingerprint density at radius 1 is 1.37 bits per heavy atom. The number of carbonyl (C=O) groups excluding carboxylic acids is 1. The maximum Gasteiger partial charge on any atom is 0.331 e. The van der Waals surface area contributed by atoms with E-state index in [0.29, 0.717) is 23.4 Å². The monoisotopic (exact) mass is 267 g/mol. The van der Waals surface area contributed by atoms with Gasteiger partial charge >= 0.3 is 5.97 Å². The van der Waals surface area contributed by atoms with Crippen LogP contribution in [0.4, 0.5) is 0 Å². The second kappa shape index (κ2) is 6.92. The van der Waals surface area contributed by atoms with E-state index < -0.39 is 12.0 Å². The van der Waals surface area contributed by atoms with E-state index in [1.165, 1.54) is 0 Å². The Morgan fingerprint density at radius 3 is 2.53 bits per heavy atom. The molecule has 1 rings (SSSR count). The van der Waals surface area contributed by atoms with Crippen LogP contribution in [-0.4, -0.2) is 27.2 Å². The minimum absolute atomic E-state index is 0.235. The van der Waals surface area contributed by atoms with Gasteiger partial charge in [0.05, 0.1) is 5.69 Å². The molecule has 1 aromatic heterocycles. The van der Waals surface area contributed by atoms with Crippen LogP contribution in [0.1, 0.15) is 55.6 Å². The standard InChI is InChI=1S/C13H21N3O3/c1-4-5-6-7-10(17)14-12(13(18)19)11-8(2)15-16-9(11)3/h12H,4-7H2,1-3H3,(H,14,17)(H,15,16)(H,18,19)/t12-/m1/s1. The van der Waals surface area contributed by atoms with Crippen LogP contribution in [0, 0.1) is 13.8 Å². The lowest BCUT2D eigenvalue weighted by Crippen LogP contribution is -2.34. The van der Waals surface area contributed by atoms with Gasteiger partial charge in [-0.05, 0) is 20.3 Å². The number of hydrogen-bond acceptors (Lipinski definition) is 3.